The summed E-state index contributed by atoms with van der Waals surface area (Å²) in [7, 11) is 0. The number of rotatable bonds is 4. The first kappa shape index (κ1) is 19.8. The molecule has 2 N–H and O–H groups in total. The molecule has 0 aliphatic carbocycles. The van der Waals surface area contributed by atoms with Crippen molar-refractivity contribution in [1.29, 1.82) is 0 Å². The van der Waals surface area contributed by atoms with Gasteiger partial charge in [-0.15, -0.1) is 0 Å². The fraction of sp³-hybridized carbons (Fsp3) is 0.350. The molecule has 10 nitrogen and oxygen atoms in total. The summed E-state index contributed by atoms with van der Waals surface area (Å²) in [6.07, 6.45) is 0.701. The number of nitrogens with one attached hydrogen (secondary N) is 2. The van der Waals surface area contributed by atoms with E-state index in [4.69, 9.17) is 13.9 Å². The quantitative estimate of drug-likeness (QED) is 0.679. The van der Waals surface area contributed by atoms with Gasteiger partial charge in [-0.25, -0.2) is 0 Å². The Morgan fingerprint density at radius 2 is 1.73 bits per heavy atom. The van der Waals surface area contributed by atoms with Crippen LogP contribution in [0.15, 0.2) is 47.1 Å². The molecule has 30 heavy (non-hydrogen) atoms. The zero-order valence-corrected chi connectivity index (χ0v) is 16.2. The van der Waals surface area contributed by atoms with E-state index in [1.54, 1.807) is 23.1 Å². The second-order valence-electron chi connectivity index (χ2n) is 6.95. The molecular formula is C20H22N4O6. The van der Waals surface area contributed by atoms with E-state index in [2.05, 4.69) is 10.9 Å². The van der Waals surface area contributed by atoms with Crippen LogP contribution in [0.4, 0.5) is 0 Å². The highest BCUT2D eigenvalue weighted by atomic mass is 16.6. The van der Waals surface area contributed by atoms with Gasteiger partial charge >= 0.3 is 5.91 Å². The fourth-order valence-electron chi connectivity index (χ4n) is 3.31. The van der Waals surface area contributed by atoms with E-state index in [9.17, 15) is 14.4 Å². The zero-order valence-electron chi connectivity index (χ0n) is 16.2. The Kier molecular flexibility index (Phi) is 5.84. The molecule has 1 saturated heterocycles. The Morgan fingerprint density at radius 1 is 0.967 bits per heavy atom. The zero-order chi connectivity index (χ0) is 20.9. The summed E-state index contributed by atoms with van der Waals surface area (Å²) in [4.78, 5) is 40.2. The SMILES string of the molecule is O=C(CN1CCN(C(=O)[C@H]2COc3ccccc3O2)CC1)NNC(=O)c1ccco1. The molecular weight excluding hydrogens is 392 g/mol. The Hall–Kier alpha value is -3.53. The molecule has 10 heteroatoms. The van der Waals surface area contributed by atoms with Gasteiger partial charge in [0.2, 0.25) is 6.10 Å². The monoisotopic (exact) mass is 414 g/mol. The van der Waals surface area contributed by atoms with Crippen molar-refractivity contribution < 1.29 is 28.3 Å². The average Bonchev–Trinajstić information content (AvgIpc) is 3.32. The van der Waals surface area contributed by atoms with Gasteiger partial charge in [-0.3, -0.25) is 30.1 Å². The average molecular weight is 414 g/mol. The molecule has 1 atom stereocenters. The molecule has 2 aliphatic heterocycles. The largest absolute Gasteiger partial charge is 0.485 e. The number of hydrazine groups is 1. The highest BCUT2D eigenvalue weighted by Gasteiger charge is 2.32. The third kappa shape index (κ3) is 4.54. The van der Waals surface area contributed by atoms with E-state index >= 15 is 0 Å². The normalized spacial score (nSPS) is 18.5. The molecule has 158 valence electrons. The van der Waals surface area contributed by atoms with E-state index in [0.717, 1.165) is 0 Å². The number of amides is 3. The first-order valence-electron chi connectivity index (χ1n) is 9.62. The second-order valence-corrected chi connectivity index (χ2v) is 6.95. The molecule has 1 aromatic carbocycles. The lowest BCUT2D eigenvalue weighted by Crippen LogP contribution is -2.56. The highest BCUT2D eigenvalue weighted by Crippen LogP contribution is 2.31. The first-order valence-corrected chi connectivity index (χ1v) is 9.62. The maximum Gasteiger partial charge on any atom is 0.305 e. The van der Waals surface area contributed by atoms with Gasteiger partial charge in [-0.05, 0) is 24.3 Å². The van der Waals surface area contributed by atoms with Crippen molar-refractivity contribution >= 4 is 17.7 Å². The van der Waals surface area contributed by atoms with E-state index in [1.165, 1.54) is 12.3 Å². The summed E-state index contributed by atoms with van der Waals surface area (Å²) >= 11 is 0. The third-order valence-electron chi connectivity index (χ3n) is 4.90. The van der Waals surface area contributed by atoms with Crippen molar-refractivity contribution in [2.75, 3.05) is 39.3 Å². The molecule has 4 rings (SSSR count). The number of furan rings is 1. The molecule has 2 aliphatic rings. The summed E-state index contributed by atoms with van der Waals surface area (Å²) in [5.41, 5.74) is 4.65. The van der Waals surface area contributed by atoms with Crippen LogP contribution in [-0.4, -0.2) is 73.0 Å². The minimum atomic E-state index is -0.674. The van der Waals surface area contributed by atoms with Gasteiger partial charge < -0.3 is 18.8 Å². The molecule has 0 unspecified atom stereocenters. The minimum absolute atomic E-state index is 0.108. The minimum Gasteiger partial charge on any atom is -0.485 e. The van der Waals surface area contributed by atoms with Crippen LogP contribution in [0.3, 0.4) is 0 Å². The number of benzene rings is 1. The summed E-state index contributed by atoms with van der Waals surface area (Å²) < 4.78 is 16.4. The standard InChI is InChI=1S/C20H22N4O6/c25-18(21-22-19(26)16-6-3-11-28-16)12-23-7-9-24(10-8-23)20(27)17-13-29-14-4-1-2-5-15(14)30-17/h1-6,11,17H,7-10,12-13H2,(H,21,25)(H,22,26)/t17-/m1/s1. The molecule has 1 aromatic heterocycles. The Bertz CT molecular complexity index is 908. The van der Waals surface area contributed by atoms with Crippen molar-refractivity contribution in [1.82, 2.24) is 20.7 Å². The third-order valence-corrected chi connectivity index (χ3v) is 4.90. The Morgan fingerprint density at radius 3 is 2.47 bits per heavy atom. The van der Waals surface area contributed by atoms with Gasteiger partial charge in [0.1, 0.15) is 6.61 Å². The molecule has 0 spiro atoms. The van der Waals surface area contributed by atoms with Crippen LogP contribution in [-0.2, 0) is 9.59 Å². The summed E-state index contributed by atoms with van der Waals surface area (Å²) in [6.45, 7) is 2.31. The van der Waals surface area contributed by atoms with Crippen molar-refractivity contribution in [3.05, 3.63) is 48.4 Å². The van der Waals surface area contributed by atoms with Crippen LogP contribution in [0.5, 0.6) is 11.5 Å². The van der Waals surface area contributed by atoms with Crippen LogP contribution >= 0.6 is 0 Å². The lowest BCUT2D eigenvalue weighted by molar-refractivity contribution is -0.143. The van der Waals surface area contributed by atoms with Crippen LogP contribution in [0.25, 0.3) is 0 Å². The molecule has 2 aromatic rings. The van der Waals surface area contributed by atoms with E-state index < -0.39 is 12.0 Å². The van der Waals surface area contributed by atoms with Crippen LogP contribution in [0.2, 0.25) is 0 Å². The van der Waals surface area contributed by atoms with Crippen molar-refractivity contribution in [2.45, 2.75) is 6.10 Å². The Labute approximate surface area is 172 Å². The second kappa shape index (κ2) is 8.87. The van der Waals surface area contributed by atoms with Gasteiger partial charge in [-0.1, -0.05) is 12.1 Å². The van der Waals surface area contributed by atoms with Crippen LogP contribution in [0, 0.1) is 0 Å². The summed E-state index contributed by atoms with van der Waals surface area (Å²) in [5, 5.41) is 0. The van der Waals surface area contributed by atoms with Gasteiger partial charge in [0.25, 0.3) is 11.8 Å². The number of piperazine rings is 1. The predicted molar refractivity (Wildman–Crippen MR) is 104 cm³/mol. The number of carbonyl (C=O) groups is 3. The van der Waals surface area contributed by atoms with Crippen LogP contribution < -0.4 is 20.3 Å². The fourth-order valence-corrected chi connectivity index (χ4v) is 3.31. The molecule has 0 saturated carbocycles. The van der Waals surface area contributed by atoms with E-state index in [1.807, 2.05) is 17.0 Å². The number of carbonyl (C=O) groups excluding carboxylic acids is 3. The number of nitrogens with zero attached hydrogens (tertiary/aromatic N) is 2. The number of para-hydroxylation sites is 2. The number of hydrogen-bond acceptors (Lipinski definition) is 7. The van der Waals surface area contributed by atoms with Gasteiger partial charge in [-0.2, -0.15) is 0 Å². The maximum atomic E-state index is 12.7. The van der Waals surface area contributed by atoms with Crippen LogP contribution in [0.1, 0.15) is 10.6 Å². The lowest BCUT2D eigenvalue weighted by atomic mass is 10.2. The van der Waals surface area contributed by atoms with E-state index in [0.29, 0.717) is 37.7 Å². The highest BCUT2D eigenvalue weighted by molar-refractivity contribution is 5.93. The van der Waals surface area contributed by atoms with Crippen molar-refractivity contribution in [2.24, 2.45) is 0 Å². The molecule has 3 amide bonds. The van der Waals surface area contributed by atoms with Crippen molar-refractivity contribution in [3.8, 4) is 11.5 Å². The van der Waals surface area contributed by atoms with Gasteiger partial charge in [0.15, 0.2) is 17.3 Å². The topological polar surface area (TPSA) is 113 Å². The van der Waals surface area contributed by atoms with E-state index in [-0.39, 0.29) is 30.7 Å². The number of fused-ring (bicyclic) bond motifs is 1. The predicted octanol–water partition coefficient (Wildman–Crippen LogP) is 0.0248. The van der Waals surface area contributed by atoms with Gasteiger partial charge in [0, 0.05) is 26.2 Å². The Balaban J connectivity index is 1.20. The molecule has 1 fully saturated rings. The number of ether oxygens (including phenoxy) is 2. The molecule has 3 heterocycles. The number of hydrogen-bond donors (Lipinski definition) is 2. The lowest BCUT2D eigenvalue weighted by Gasteiger charge is -2.36. The summed E-state index contributed by atoms with van der Waals surface area (Å²) in [6, 6.07) is 10.3. The molecule has 0 radical (unpaired) electrons. The van der Waals surface area contributed by atoms with Crippen molar-refractivity contribution in [3.63, 3.8) is 0 Å². The maximum absolute atomic E-state index is 12.7. The summed E-state index contributed by atoms with van der Waals surface area (Å²) in [5.74, 6) is 0.305. The first-order chi connectivity index (χ1) is 14.6. The van der Waals surface area contributed by atoms with Gasteiger partial charge in [0.05, 0.1) is 12.8 Å². The molecule has 0 bridgehead atoms. The smallest absolute Gasteiger partial charge is 0.305 e.